The van der Waals surface area contributed by atoms with Gasteiger partial charge in [-0.3, -0.25) is 4.79 Å². The summed E-state index contributed by atoms with van der Waals surface area (Å²) in [6.45, 7) is 2.54. The minimum atomic E-state index is -0.207. The monoisotopic (exact) mass is 354 g/mol. The van der Waals surface area contributed by atoms with E-state index in [4.69, 9.17) is 0 Å². The Morgan fingerprint density at radius 3 is 2.62 bits per heavy atom. The number of anilines is 1. The number of nitrogens with one attached hydrogen (secondary N) is 2. The van der Waals surface area contributed by atoms with Crippen LogP contribution in [0.3, 0.4) is 0 Å². The Balaban J connectivity index is 1.28. The fraction of sp³-hybridized carbons (Fsp3) is 0.400. The number of halogens is 1. The molecule has 1 amide bonds. The zero-order valence-electron chi connectivity index (χ0n) is 14.6. The highest BCUT2D eigenvalue weighted by atomic mass is 19.1. The van der Waals surface area contributed by atoms with Crippen molar-refractivity contribution < 1.29 is 9.18 Å². The molecule has 1 aromatic heterocycles. The maximum Gasteiger partial charge on any atom is 0.253 e. The van der Waals surface area contributed by atoms with E-state index < -0.39 is 0 Å². The van der Waals surface area contributed by atoms with E-state index >= 15 is 0 Å². The van der Waals surface area contributed by atoms with Crippen LogP contribution in [0, 0.1) is 5.82 Å². The maximum atomic E-state index is 13.0. The van der Waals surface area contributed by atoms with Crippen molar-refractivity contribution in [2.75, 3.05) is 18.0 Å². The summed E-state index contributed by atoms with van der Waals surface area (Å²) in [6.07, 6.45) is 4.85. The second-order valence-electron chi connectivity index (χ2n) is 7.09. The predicted molar refractivity (Wildman–Crippen MR) is 98.6 cm³/mol. The summed E-state index contributed by atoms with van der Waals surface area (Å²) >= 11 is 0. The van der Waals surface area contributed by atoms with E-state index in [0.717, 1.165) is 50.3 Å². The molecular formula is C20H23FN4O. The molecule has 0 radical (unpaired) electrons. The molecule has 2 aromatic rings. The second kappa shape index (κ2) is 7.41. The van der Waals surface area contributed by atoms with Gasteiger partial charge in [-0.05, 0) is 49.1 Å². The van der Waals surface area contributed by atoms with Gasteiger partial charge in [0, 0.05) is 37.9 Å². The van der Waals surface area contributed by atoms with E-state index in [1.54, 1.807) is 6.20 Å². The van der Waals surface area contributed by atoms with Gasteiger partial charge < -0.3 is 15.5 Å². The third kappa shape index (κ3) is 4.19. The first-order valence-corrected chi connectivity index (χ1v) is 9.17. The lowest BCUT2D eigenvalue weighted by Crippen LogP contribution is -2.32. The summed E-state index contributed by atoms with van der Waals surface area (Å²) in [5, 5.41) is 6.50. The van der Waals surface area contributed by atoms with Gasteiger partial charge in [-0.2, -0.15) is 0 Å². The van der Waals surface area contributed by atoms with Gasteiger partial charge in [0.05, 0.1) is 5.56 Å². The van der Waals surface area contributed by atoms with Crippen LogP contribution >= 0.6 is 0 Å². The van der Waals surface area contributed by atoms with E-state index in [9.17, 15) is 9.18 Å². The predicted octanol–water partition coefficient (Wildman–Crippen LogP) is 2.48. The molecule has 1 saturated heterocycles. The molecular weight excluding hydrogens is 331 g/mol. The molecule has 1 aromatic carbocycles. The van der Waals surface area contributed by atoms with Crippen molar-refractivity contribution in [1.29, 1.82) is 0 Å². The van der Waals surface area contributed by atoms with Gasteiger partial charge in [-0.25, -0.2) is 9.37 Å². The Hall–Kier alpha value is -2.47. The highest BCUT2D eigenvalue weighted by Gasteiger charge is 2.25. The Morgan fingerprint density at radius 2 is 1.92 bits per heavy atom. The molecule has 2 fully saturated rings. The number of amides is 1. The zero-order chi connectivity index (χ0) is 17.9. The van der Waals surface area contributed by atoms with Crippen LogP contribution in [0.15, 0.2) is 42.6 Å². The first-order chi connectivity index (χ1) is 12.7. The number of benzene rings is 1. The smallest absolute Gasteiger partial charge is 0.253 e. The standard InChI is InChI=1S/C20H23FN4O/c21-16-4-1-14(2-5-16)11-22-18-9-10-25(13-18)19-8-3-15(12-23-19)20(26)24-17-6-7-17/h1-5,8,12,17-18,22H,6-7,9-11,13H2,(H,24,26). The number of rotatable bonds is 6. The minimum absolute atomic E-state index is 0.0354. The van der Waals surface area contributed by atoms with Crippen LogP contribution < -0.4 is 15.5 Å². The molecule has 1 saturated carbocycles. The molecule has 2 aliphatic rings. The molecule has 0 spiro atoms. The summed E-state index contributed by atoms with van der Waals surface area (Å²) in [7, 11) is 0. The summed E-state index contributed by atoms with van der Waals surface area (Å²) < 4.78 is 13.0. The maximum absolute atomic E-state index is 13.0. The van der Waals surface area contributed by atoms with Crippen LogP contribution in [0.1, 0.15) is 35.2 Å². The molecule has 6 heteroatoms. The fourth-order valence-corrected chi connectivity index (χ4v) is 3.20. The van der Waals surface area contributed by atoms with Crippen molar-refractivity contribution in [2.24, 2.45) is 0 Å². The van der Waals surface area contributed by atoms with Gasteiger partial charge in [0.1, 0.15) is 11.6 Å². The van der Waals surface area contributed by atoms with Crippen LogP contribution in [0.25, 0.3) is 0 Å². The Labute approximate surface area is 152 Å². The van der Waals surface area contributed by atoms with Crippen molar-refractivity contribution in [3.8, 4) is 0 Å². The lowest BCUT2D eigenvalue weighted by atomic mass is 10.2. The molecule has 5 nitrogen and oxygen atoms in total. The van der Waals surface area contributed by atoms with E-state index in [2.05, 4.69) is 20.5 Å². The van der Waals surface area contributed by atoms with Crippen molar-refractivity contribution in [2.45, 2.75) is 37.9 Å². The summed E-state index contributed by atoms with van der Waals surface area (Å²) in [5.41, 5.74) is 1.69. The first-order valence-electron chi connectivity index (χ1n) is 9.17. The van der Waals surface area contributed by atoms with Crippen molar-refractivity contribution >= 4 is 11.7 Å². The number of hydrogen-bond donors (Lipinski definition) is 2. The normalized spacial score (nSPS) is 19.6. The van der Waals surface area contributed by atoms with Crippen LogP contribution in [-0.4, -0.2) is 36.1 Å². The Bertz CT molecular complexity index is 758. The van der Waals surface area contributed by atoms with Crippen LogP contribution in [0.4, 0.5) is 10.2 Å². The van der Waals surface area contributed by atoms with Gasteiger partial charge in [0.15, 0.2) is 0 Å². The van der Waals surface area contributed by atoms with Crippen LogP contribution in [0.2, 0.25) is 0 Å². The number of pyridine rings is 1. The van der Waals surface area contributed by atoms with Gasteiger partial charge in [-0.15, -0.1) is 0 Å². The van der Waals surface area contributed by atoms with Crippen molar-refractivity contribution in [3.63, 3.8) is 0 Å². The van der Waals surface area contributed by atoms with E-state index in [0.29, 0.717) is 17.6 Å². The van der Waals surface area contributed by atoms with Gasteiger partial charge in [0.2, 0.25) is 0 Å². The molecule has 136 valence electrons. The second-order valence-corrected chi connectivity index (χ2v) is 7.09. The third-order valence-electron chi connectivity index (χ3n) is 4.94. The number of hydrogen-bond acceptors (Lipinski definition) is 4. The highest BCUT2D eigenvalue weighted by molar-refractivity contribution is 5.94. The average molecular weight is 354 g/mol. The lowest BCUT2D eigenvalue weighted by molar-refractivity contribution is 0.0950. The van der Waals surface area contributed by atoms with E-state index in [-0.39, 0.29) is 11.7 Å². The number of nitrogens with zero attached hydrogens (tertiary/aromatic N) is 2. The molecule has 1 atom stereocenters. The molecule has 1 unspecified atom stereocenters. The third-order valence-corrected chi connectivity index (χ3v) is 4.94. The van der Waals surface area contributed by atoms with Crippen molar-refractivity contribution in [3.05, 3.63) is 59.5 Å². The lowest BCUT2D eigenvalue weighted by Gasteiger charge is -2.18. The summed E-state index contributed by atoms with van der Waals surface area (Å²) in [5.74, 6) is 0.659. The average Bonchev–Trinajstić information content (AvgIpc) is 3.35. The SMILES string of the molecule is O=C(NC1CC1)c1ccc(N2CCC(NCc3ccc(F)cc3)C2)nc1. The minimum Gasteiger partial charge on any atom is -0.355 e. The zero-order valence-corrected chi connectivity index (χ0v) is 14.6. The summed E-state index contributed by atoms with van der Waals surface area (Å²) in [4.78, 5) is 18.7. The summed E-state index contributed by atoms with van der Waals surface area (Å²) in [6, 6.07) is 11.1. The van der Waals surface area contributed by atoms with Crippen molar-refractivity contribution in [1.82, 2.24) is 15.6 Å². The number of aromatic nitrogens is 1. The Kier molecular flexibility index (Phi) is 4.84. The first kappa shape index (κ1) is 17.0. The largest absolute Gasteiger partial charge is 0.355 e. The molecule has 26 heavy (non-hydrogen) atoms. The molecule has 2 N–H and O–H groups in total. The molecule has 0 bridgehead atoms. The van der Waals surface area contributed by atoms with Crippen LogP contribution in [0.5, 0.6) is 0 Å². The highest BCUT2D eigenvalue weighted by Crippen LogP contribution is 2.21. The molecule has 4 rings (SSSR count). The van der Waals surface area contributed by atoms with Gasteiger partial charge >= 0.3 is 0 Å². The van der Waals surface area contributed by atoms with Gasteiger partial charge in [-0.1, -0.05) is 12.1 Å². The van der Waals surface area contributed by atoms with E-state index in [1.807, 2.05) is 24.3 Å². The molecule has 1 aliphatic heterocycles. The topological polar surface area (TPSA) is 57.3 Å². The van der Waals surface area contributed by atoms with Crippen LogP contribution in [-0.2, 0) is 6.54 Å². The number of carbonyl (C=O) groups is 1. The number of carbonyl (C=O) groups excluding carboxylic acids is 1. The Morgan fingerprint density at radius 1 is 1.12 bits per heavy atom. The fourth-order valence-electron chi connectivity index (χ4n) is 3.20. The quantitative estimate of drug-likeness (QED) is 0.837. The molecule has 2 heterocycles. The van der Waals surface area contributed by atoms with E-state index in [1.165, 1.54) is 12.1 Å². The van der Waals surface area contributed by atoms with Gasteiger partial charge in [0.25, 0.3) is 5.91 Å². The molecule has 1 aliphatic carbocycles.